The van der Waals surface area contributed by atoms with E-state index in [0.717, 1.165) is 24.8 Å². The summed E-state index contributed by atoms with van der Waals surface area (Å²) < 4.78 is 0. The third-order valence-corrected chi connectivity index (χ3v) is 7.53. The summed E-state index contributed by atoms with van der Waals surface area (Å²) in [6.45, 7) is 0. The topological polar surface area (TPSA) is 47.6 Å². The summed E-state index contributed by atoms with van der Waals surface area (Å²) in [5.74, 6) is 0.768. The van der Waals surface area contributed by atoms with E-state index in [1.807, 2.05) is 18.2 Å². The van der Waals surface area contributed by atoms with Crippen LogP contribution in [0.4, 0.5) is 0 Å². The van der Waals surface area contributed by atoms with Crippen LogP contribution in [0.1, 0.15) is 48.3 Å². The van der Waals surface area contributed by atoms with Crippen molar-refractivity contribution in [3.63, 3.8) is 0 Å². The van der Waals surface area contributed by atoms with Crippen LogP contribution in [-0.4, -0.2) is 0 Å². The van der Waals surface area contributed by atoms with Crippen LogP contribution in [0.25, 0.3) is 11.1 Å². The fourth-order valence-electron chi connectivity index (χ4n) is 5.92. The first kappa shape index (κ1) is 20.3. The number of nitrogens with zero attached hydrogens (tertiary/aromatic N) is 2. The van der Waals surface area contributed by atoms with Crippen molar-refractivity contribution in [1.29, 1.82) is 10.5 Å². The number of hydrogen-bond donors (Lipinski definition) is 0. The van der Waals surface area contributed by atoms with Gasteiger partial charge < -0.3 is 0 Å². The number of benzene rings is 3. The highest BCUT2D eigenvalue weighted by Gasteiger charge is 2.50. The summed E-state index contributed by atoms with van der Waals surface area (Å²) in [5, 5.41) is 20.4. The molecule has 1 saturated carbocycles. The van der Waals surface area contributed by atoms with Crippen LogP contribution in [0.5, 0.6) is 0 Å². The van der Waals surface area contributed by atoms with Gasteiger partial charge in [0.1, 0.15) is 0 Å². The first-order valence-corrected chi connectivity index (χ1v) is 11.4. The molecule has 2 heteroatoms. The van der Waals surface area contributed by atoms with Crippen molar-refractivity contribution in [3.05, 3.63) is 108 Å². The Morgan fingerprint density at radius 2 is 1.09 bits per heavy atom. The van der Waals surface area contributed by atoms with E-state index in [1.54, 1.807) is 0 Å². The van der Waals surface area contributed by atoms with Crippen molar-refractivity contribution in [2.75, 3.05) is 0 Å². The Kier molecular flexibility index (Phi) is 5.38. The van der Waals surface area contributed by atoms with E-state index in [4.69, 9.17) is 0 Å². The molecular formula is C30H26N2. The molecule has 0 N–H and O–H groups in total. The predicted octanol–water partition coefficient (Wildman–Crippen LogP) is 7.23. The smallest absolute Gasteiger partial charge is 0.150 e. The molecule has 0 bridgehead atoms. The first-order valence-electron chi connectivity index (χ1n) is 11.4. The molecule has 0 saturated heterocycles. The molecule has 0 aromatic heterocycles. The highest BCUT2D eigenvalue weighted by molar-refractivity contribution is 5.92. The van der Waals surface area contributed by atoms with E-state index in [-0.39, 0.29) is 5.92 Å². The summed E-state index contributed by atoms with van der Waals surface area (Å²) in [5.41, 5.74) is 5.50. The van der Waals surface area contributed by atoms with Gasteiger partial charge in [-0.2, -0.15) is 10.5 Å². The van der Waals surface area contributed by atoms with Gasteiger partial charge in [0, 0.05) is 5.92 Å². The maximum absolute atomic E-state index is 10.2. The molecule has 5 rings (SSSR count). The van der Waals surface area contributed by atoms with Crippen molar-refractivity contribution < 1.29 is 0 Å². The number of hydrogen-bond acceptors (Lipinski definition) is 2. The SMILES string of the molecule is N#CC1(C#N)C[C@@H]2CC(c3ccccc3)=C(c3ccccc3)C[C@@H]2C[C@H]1c1ccccc1. The summed E-state index contributed by atoms with van der Waals surface area (Å²) in [6, 6.07) is 36.5. The van der Waals surface area contributed by atoms with Gasteiger partial charge in [0.2, 0.25) is 0 Å². The monoisotopic (exact) mass is 414 g/mol. The van der Waals surface area contributed by atoms with Gasteiger partial charge in [-0.3, -0.25) is 0 Å². The lowest BCUT2D eigenvalue weighted by Crippen LogP contribution is -2.40. The van der Waals surface area contributed by atoms with Crippen LogP contribution in [-0.2, 0) is 0 Å². The zero-order chi connectivity index (χ0) is 22.0. The van der Waals surface area contributed by atoms with E-state index in [1.165, 1.54) is 22.3 Å². The molecule has 3 aromatic carbocycles. The van der Waals surface area contributed by atoms with Crippen molar-refractivity contribution in [1.82, 2.24) is 0 Å². The van der Waals surface area contributed by atoms with Crippen molar-refractivity contribution in [2.24, 2.45) is 17.3 Å². The van der Waals surface area contributed by atoms with Gasteiger partial charge >= 0.3 is 0 Å². The summed E-state index contributed by atoms with van der Waals surface area (Å²) in [6.07, 6.45) is 3.44. The van der Waals surface area contributed by atoms with Crippen LogP contribution in [0.15, 0.2) is 91.0 Å². The Hall–Kier alpha value is -3.62. The molecule has 2 aliphatic rings. The molecule has 2 aliphatic carbocycles. The molecule has 32 heavy (non-hydrogen) atoms. The van der Waals surface area contributed by atoms with Gasteiger partial charge in [-0.15, -0.1) is 0 Å². The van der Waals surface area contributed by atoms with Crippen LogP contribution in [0.3, 0.4) is 0 Å². The lowest BCUT2D eigenvalue weighted by Gasteiger charge is -2.46. The average Bonchev–Trinajstić information content (AvgIpc) is 2.88. The number of fused-ring (bicyclic) bond motifs is 1. The van der Waals surface area contributed by atoms with Gasteiger partial charge in [0.15, 0.2) is 5.41 Å². The van der Waals surface area contributed by atoms with Crippen molar-refractivity contribution in [2.45, 2.75) is 31.6 Å². The van der Waals surface area contributed by atoms with Crippen molar-refractivity contribution in [3.8, 4) is 12.1 Å². The van der Waals surface area contributed by atoms with E-state index in [0.29, 0.717) is 18.3 Å². The Morgan fingerprint density at radius 1 is 0.625 bits per heavy atom. The number of nitriles is 2. The molecule has 0 amide bonds. The summed E-state index contributed by atoms with van der Waals surface area (Å²) >= 11 is 0. The highest BCUT2D eigenvalue weighted by atomic mass is 14.5. The predicted molar refractivity (Wildman–Crippen MR) is 128 cm³/mol. The molecule has 1 fully saturated rings. The maximum atomic E-state index is 10.2. The largest absolute Gasteiger partial charge is 0.197 e. The first-order chi connectivity index (χ1) is 15.7. The average molecular weight is 415 g/mol. The molecule has 0 radical (unpaired) electrons. The molecule has 0 aliphatic heterocycles. The fraction of sp³-hybridized carbons (Fsp3) is 0.267. The molecular weight excluding hydrogens is 388 g/mol. The van der Waals surface area contributed by atoms with E-state index in [2.05, 4.69) is 84.9 Å². The van der Waals surface area contributed by atoms with E-state index in [9.17, 15) is 10.5 Å². The van der Waals surface area contributed by atoms with Crippen LogP contribution >= 0.6 is 0 Å². The zero-order valence-electron chi connectivity index (χ0n) is 18.1. The second-order valence-corrected chi connectivity index (χ2v) is 9.22. The second-order valence-electron chi connectivity index (χ2n) is 9.22. The minimum Gasteiger partial charge on any atom is -0.197 e. The van der Waals surface area contributed by atoms with Gasteiger partial charge in [0.05, 0.1) is 12.1 Å². The Bertz CT molecular complexity index is 1180. The molecule has 156 valence electrons. The van der Waals surface area contributed by atoms with Gasteiger partial charge in [0.25, 0.3) is 0 Å². The second kappa shape index (κ2) is 8.49. The zero-order valence-corrected chi connectivity index (χ0v) is 18.1. The third kappa shape index (κ3) is 3.53. The molecule has 3 atom stereocenters. The minimum absolute atomic E-state index is 0.0461. The molecule has 0 unspecified atom stereocenters. The number of allylic oxidation sites excluding steroid dienone is 2. The Labute approximate surface area is 190 Å². The fourth-order valence-corrected chi connectivity index (χ4v) is 5.92. The van der Waals surface area contributed by atoms with Gasteiger partial charge in [-0.05, 0) is 65.4 Å². The maximum Gasteiger partial charge on any atom is 0.150 e. The normalized spacial score (nSPS) is 24.1. The Balaban J connectivity index is 1.59. The van der Waals surface area contributed by atoms with Crippen LogP contribution < -0.4 is 0 Å². The van der Waals surface area contributed by atoms with Crippen molar-refractivity contribution >= 4 is 11.1 Å². The lowest BCUT2D eigenvalue weighted by molar-refractivity contribution is 0.143. The third-order valence-electron chi connectivity index (χ3n) is 7.53. The highest BCUT2D eigenvalue weighted by Crippen LogP contribution is 2.57. The van der Waals surface area contributed by atoms with E-state index >= 15 is 0 Å². The molecule has 2 nitrogen and oxygen atoms in total. The molecule has 0 heterocycles. The molecule has 0 spiro atoms. The van der Waals surface area contributed by atoms with Gasteiger partial charge in [-0.1, -0.05) is 91.0 Å². The summed E-state index contributed by atoms with van der Waals surface area (Å²) in [7, 11) is 0. The van der Waals surface area contributed by atoms with E-state index < -0.39 is 5.41 Å². The summed E-state index contributed by atoms with van der Waals surface area (Å²) in [4.78, 5) is 0. The van der Waals surface area contributed by atoms with Gasteiger partial charge in [-0.25, -0.2) is 0 Å². The van der Waals surface area contributed by atoms with Crippen LogP contribution in [0.2, 0.25) is 0 Å². The Morgan fingerprint density at radius 3 is 1.59 bits per heavy atom. The number of rotatable bonds is 3. The standard InChI is InChI=1S/C30H26N2/c31-20-30(21-32)19-26-17-28(23-12-6-2-7-13-23)27(22-10-4-1-5-11-22)16-25(26)18-29(30)24-14-8-3-9-15-24/h1-15,25-26,29H,16-19H2/t25-,26+,29+/m1/s1. The minimum atomic E-state index is -0.964. The van der Waals surface area contributed by atoms with Crippen LogP contribution in [0, 0.1) is 39.9 Å². The quantitative estimate of drug-likeness (QED) is 0.454. The molecule has 3 aromatic rings. The lowest BCUT2D eigenvalue weighted by atomic mass is 9.55.